The Labute approximate surface area is 170 Å². The zero-order valence-electron chi connectivity index (χ0n) is 15.5. The number of nitrogens with one attached hydrogen (secondary N) is 2. The van der Waals surface area contributed by atoms with Crippen LogP contribution in [0.2, 0.25) is 5.02 Å². The van der Waals surface area contributed by atoms with Crippen molar-refractivity contribution in [3.63, 3.8) is 0 Å². The lowest BCUT2D eigenvalue weighted by Crippen LogP contribution is -2.21. The van der Waals surface area contributed by atoms with Gasteiger partial charge in [0.25, 0.3) is 0 Å². The summed E-state index contributed by atoms with van der Waals surface area (Å²) in [6.45, 7) is 0.838. The third kappa shape index (κ3) is 6.63. The van der Waals surface area contributed by atoms with E-state index in [0.29, 0.717) is 11.6 Å². The summed E-state index contributed by atoms with van der Waals surface area (Å²) < 4.78 is 5.77. The molecular formula is C23H23ClN2O2. The van der Waals surface area contributed by atoms with Crippen molar-refractivity contribution >= 4 is 28.9 Å². The summed E-state index contributed by atoms with van der Waals surface area (Å²) in [6.07, 6.45) is 1.95. The molecule has 0 radical (unpaired) electrons. The van der Waals surface area contributed by atoms with Crippen LogP contribution in [0.1, 0.15) is 12.0 Å². The molecule has 2 N–H and O–H groups in total. The van der Waals surface area contributed by atoms with Crippen LogP contribution in [0.15, 0.2) is 78.9 Å². The van der Waals surface area contributed by atoms with E-state index in [9.17, 15) is 4.79 Å². The number of ether oxygens (including phenoxy) is 1. The van der Waals surface area contributed by atoms with Gasteiger partial charge >= 0.3 is 0 Å². The molecule has 0 bridgehead atoms. The van der Waals surface area contributed by atoms with Gasteiger partial charge in [-0.15, -0.1) is 0 Å². The molecule has 5 heteroatoms. The minimum Gasteiger partial charge on any atom is -0.494 e. The fraction of sp³-hybridized carbons (Fsp3) is 0.174. The highest BCUT2D eigenvalue weighted by atomic mass is 35.5. The van der Waals surface area contributed by atoms with Crippen molar-refractivity contribution < 1.29 is 9.53 Å². The zero-order chi connectivity index (χ0) is 19.6. The molecule has 0 aliphatic carbocycles. The largest absolute Gasteiger partial charge is 0.494 e. The van der Waals surface area contributed by atoms with Gasteiger partial charge in [0.2, 0.25) is 5.91 Å². The fourth-order valence-electron chi connectivity index (χ4n) is 2.70. The van der Waals surface area contributed by atoms with E-state index in [4.69, 9.17) is 16.3 Å². The van der Waals surface area contributed by atoms with Gasteiger partial charge in [-0.05, 0) is 66.9 Å². The molecular weight excluding hydrogens is 372 g/mol. The summed E-state index contributed by atoms with van der Waals surface area (Å²) in [5.74, 6) is 0.678. The Morgan fingerprint density at radius 3 is 2.25 bits per heavy atom. The summed E-state index contributed by atoms with van der Waals surface area (Å²) in [5, 5.41) is 6.58. The first-order valence-corrected chi connectivity index (χ1v) is 9.63. The highest BCUT2D eigenvalue weighted by molar-refractivity contribution is 6.30. The van der Waals surface area contributed by atoms with Crippen LogP contribution in [0, 0.1) is 0 Å². The number of hydrogen-bond acceptors (Lipinski definition) is 3. The van der Waals surface area contributed by atoms with E-state index >= 15 is 0 Å². The Kier molecular flexibility index (Phi) is 7.33. The number of rotatable bonds is 9. The van der Waals surface area contributed by atoms with Gasteiger partial charge in [0.1, 0.15) is 5.75 Å². The van der Waals surface area contributed by atoms with Crippen LogP contribution in [0.4, 0.5) is 11.4 Å². The van der Waals surface area contributed by atoms with Crippen LogP contribution in [0.25, 0.3) is 0 Å². The highest BCUT2D eigenvalue weighted by Gasteiger charge is 2.03. The fourth-order valence-corrected chi connectivity index (χ4v) is 2.83. The topological polar surface area (TPSA) is 50.4 Å². The monoisotopic (exact) mass is 394 g/mol. The van der Waals surface area contributed by atoms with Crippen LogP contribution >= 0.6 is 11.6 Å². The van der Waals surface area contributed by atoms with Gasteiger partial charge in [0.05, 0.1) is 13.2 Å². The molecule has 0 aliphatic rings. The Bertz CT molecular complexity index is 865. The smallest absolute Gasteiger partial charge is 0.243 e. The molecule has 0 aromatic heterocycles. The molecule has 0 aliphatic heterocycles. The molecule has 28 heavy (non-hydrogen) atoms. The number of amides is 1. The molecule has 3 aromatic rings. The molecule has 0 saturated carbocycles. The van der Waals surface area contributed by atoms with E-state index in [-0.39, 0.29) is 12.5 Å². The van der Waals surface area contributed by atoms with Crippen molar-refractivity contribution in [1.29, 1.82) is 0 Å². The number of carbonyl (C=O) groups excluding carboxylic acids is 1. The minimum absolute atomic E-state index is 0.119. The quantitative estimate of drug-likeness (QED) is 0.477. The molecule has 0 heterocycles. The number of hydrogen-bond donors (Lipinski definition) is 2. The molecule has 3 aromatic carbocycles. The average Bonchev–Trinajstić information content (AvgIpc) is 2.73. The standard InChI is InChI=1S/C23H23ClN2O2/c24-19-8-10-20(11-9-19)25-17-23(27)26-21-12-14-22(15-13-21)28-16-4-7-18-5-2-1-3-6-18/h1-3,5-6,8-15,25H,4,7,16-17H2,(H,26,27). The van der Waals surface area contributed by atoms with Gasteiger partial charge in [-0.1, -0.05) is 41.9 Å². The first-order chi connectivity index (χ1) is 13.7. The second kappa shape index (κ2) is 10.4. The van der Waals surface area contributed by atoms with E-state index in [2.05, 4.69) is 22.8 Å². The highest BCUT2D eigenvalue weighted by Crippen LogP contribution is 2.17. The lowest BCUT2D eigenvalue weighted by Gasteiger charge is -2.10. The first-order valence-electron chi connectivity index (χ1n) is 9.25. The second-order valence-corrected chi connectivity index (χ2v) is 6.81. The van der Waals surface area contributed by atoms with Crippen LogP contribution < -0.4 is 15.4 Å². The van der Waals surface area contributed by atoms with Crippen LogP contribution in [-0.4, -0.2) is 19.1 Å². The lowest BCUT2D eigenvalue weighted by molar-refractivity contribution is -0.114. The number of benzene rings is 3. The van der Waals surface area contributed by atoms with E-state index < -0.39 is 0 Å². The van der Waals surface area contributed by atoms with E-state index in [1.807, 2.05) is 54.6 Å². The third-order valence-electron chi connectivity index (χ3n) is 4.16. The minimum atomic E-state index is -0.119. The molecule has 0 fully saturated rings. The summed E-state index contributed by atoms with van der Waals surface area (Å²) in [4.78, 5) is 12.1. The van der Waals surface area contributed by atoms with Crippen molar-refractivity contribution in [3.8, 4) is 5.75 Å². The Morgan fingerprint density at radius 2 is 1.54 bits per heavy atom. The number of aryl methyl sites for hydroxylation is 1. The summed E-state index contributed by atoms with van der Waals surface area (Å²) in [6, 6.07) is 25.0. The van der Waals surface area contributed by atoms with Crippen LogP contribution in [0.3, 0.4) is 0 Å². The lowest BCUT2D eigenvalue weighted by atomic mass is 10.1. The molecule has 0 unspecified atom stereocenters. The van der Waals surface area contributed by atoms with Gasteiger partial charge in [0, 0.05) is 16.4 Å². The molecule has 0 atom stereocenters. The van der Waals surface area contributed by atoms with Gasteiger partial charge in [0.15, 0.2) is 0 Å². The molecule has 144 valence electrons. The van der Waals surface area contributed by atoms with Crippen molar-refractivity contribution in [3.05, 3.63) is 89.4 Å². The van der Waals surface area contributed by atoms with Crippen LogP contribution in [0.5, 0.6) is 5.75 Å². The second-order valence-electron chi connectivity index (χ2n) is 6.37. The van der Waals surface area contributed by atoms with E-state index in [1.54, 1.807) is 12.1 Å². The predicted molar refractivity (Wildman–Crippen MR) is 115 cm³/mol. The number of halogens is 1. The third-order valence-corrected chi connectivity index (χ3v) is 4.41. The van der Waals surface area contributed by atoms with Crippen molar-refractivity contribution in [2.24, 2.45) is 0 Å². The Balaban J connectivity index is 1.37. The van der Waals surface area contributed by atoms with E-state index in [0.717, 1.165) is 30.0 Å². The van der Waals surface area contributed by atoms with Crippen molar-refractivity contribution in [1.82, 2.24) is 0 Å². The molecule has 1 amide bonds. The normalized spacial score (nSPS) is 10.3. The van der Waals surface area contributed by atoms with Gasteiger partial charge in [-0.25, -0.2) is 0 Å². The summed E-state index contributed by atoms with van der Waals surface area (Å²) in [5.41, 5.74) is 2.90. The van der Waals surface area contributed by atoms with Gasteiger partial charge in [-0.2, -0.15) is 0 Å². The number of anilines is 2. The SMILES string of the molecule is O=C(CNc1ccc(Cl)cc1)Nc1ccc(OCCCc2ccccc2)cc1. The summed E-state index contributed by atoms with van der Waals surface area (Å²) >= 11 is 5.85. The Hall–Kier alpha value is -2.98. The maximum atomic E-state index is 12.1. The zero-order valence-corrected chi connectivity index (χ0v) is 16.3. The first kappa shape index (κ1) is 19.8. The molecule has 0 spiro atoms. The predicted octanol–water partition coefficient (Wildman–Crippen LogP) is 5.40. The maximum absolute atomic E-state index is 12.1. The molecule has 0 saturated heterocycles. The van der Waals surface area contributed by atoms with Gasteiger partial charge in [-0.3, -0.25) is 4.79 Å². The van der Waals surface area contributed by atoms with Gasteiger partial charge < -0.3 is 15.4 Å². The van der Waals surface area contributed by atoms with Crippen molar-refractivity contribution in [2.75, 3.05) is 23.8 Å². The maximum Gasteiger partial charge on any atom is 0.243 e. The average molecular weight is 395 g/mol. The Morgan fingerprint density at radius 1 is 0.857 bits per heavy atom. The number of carbonyl (C=O) groups is 1. The summed E-state index contributed by atoms with van der Waals surface area (Å²) in [7, 11) is 0. The van der Waals surface area contributed by atoms with Crippen molar-refractivity contribution in [2.45, 2.75) is 12.8 Å². The van der Waals surface area contributed by atoms with E-state index in [1.165, 1.54) is 5.56 Å². The van der Waals surface area contributed by atoms with Crippen LogP contribution in [-0.2, 0) is 11.2 Å². The molecule has 4 nitrogen and oxygen atoms in total. The molecule has 3 rings (SSSR count).